The molecule has 0 spiro atoms. The molecule has 3 rings (SSSR count). The van der Waals surface area contributed by atoms with Gasteiger partial charge in [0.15, 0.2) is 0 Å². The number of nitrogens with zero attached hydrogens (tertiary/aromatic N) is 4. The highest BCUT2D eigenvalue weighted by Gasteiger charge is 2.26. The third-order valence-electron chi connectivity index (χ3n) is 3.72. The zero-order valence-electron chi connectivity index (χ0n) is 13.8. The molecule has 0 radical (unpaired) electrons. The smallest absolute Gasteiger partial charge is 0.324 e. The maximum absolute atomic E-state index is 12.1. The molecule has 1 fully saturated rings. The molecule has 1 aromatic carbocycles. The molecule has 8 nitrogen and oxygen atoms in total. The lowest BCUT2D eigenvalue weighted by atomic mass is 10.2. The molecule has 0 bridgehead atoms. The van der Waals surface area contributed by atoms with Crippen molar-refractivity contribution in [2.45, 2.75) is 0 Å². The van der Waals surface area contributed by atoms with Crippen LogP contribution in [0, 0.1) is 0 Å². The maximum Gasteiger partial charge on any atom is 0.324 e. The zero-order valence-corrected chi connectivity index (χ0v) is 13.8. The SMILES string of the molecule is COc1cc(Nc2cccc(N3CCN(C)C3=O)c2)nc(OC)n1. The largest absolute Gasteiger partial charge is 0.481 e. The highest BCUT2D eigenvalue weighted by Crippen LogP contribution is 2.26. The van der Waals surface area contributed by atoms with E-state index in [0.717, 1.165) is 17.9 Å². The van der Waals surface area contributed by atoms with Gasteiger partial charge in [-0.25, -0.2) is 4.79 Å². The van der Waals surface area contributed by atoms with Gasteiger partial charge in [0.25, 0.3) is 0 Å². The van der Waals surface area contributed by atoms with E-state index < -0.39 is 0 Å². The number of anilines is 3. The van der Waals surface area contributed by atoms with Crippen LogP contribution in [0.2, 0.25) is 0 Å². The highest BCUT2D eigenvalue weighted by molar-refractivity contribution is 5.94. The molecule has 0 unspecified atom stereocenters. The fraction of sp³-hybridized carbons (Fsp3) is 0.312. The number of rotatable bonds is 5. The van der Waals surface area contributed by atoms with E-state index in [4.69, 9.17) is 9.47 Å². The molecular weight excluding hydrogens is 310 g/mol. The summed E-state index contributed by atoms with van der Waals surface area (Å²) in [5, 5.41) is 3.18. The molecule has 1 aromatic heterocycles. The summed E-state index contributed by atoms with van der Waals surface area (Å²) in [5.41, 5.74) is 1.64. The Hall–Kier alpha value is -3.03. The van der Waals surface area contributed by atoms with Crippen LogP contribution in [0.4, 0.5) is 22.0 Å². The van der Waals surface area contributed by atoms with Gasteiger partial charge in [0, 0.05) is 37.6 Å². The predicted molar refractivity (Wildman–Crippen MR) is 90.2 cm³/mol. The summed E-state index contributed by atoms with van der Waals surface area (Å²) in [4.78, 5) is 23.9. The Labute approximate surface area is 140 Å². The van der Waals surface area contributed by atoms with Gasteiger partial charge >= 0.3 is 12.0 Å². The van der Waals surface area contributed by atoms with Gasteiger partial charge in [0.05, 0.1) is 14.2 Å². The minimum atomic E-state index is -0.00229. The minimum absolute atomic E-state index is 0.00229. The number of hydrogen-bond acceptors (Lipinski definition) is 6. The van der Waals surface area contributed by atoms with Crippen LogP contribution in [0.15, 0.2) is 30.3 Å². The second-order valence-corrected chi connectivity index (χ2v) is 5.31. The number of benzene rings is 1. The molecule has 2 aromatic rings. The van der Waals surface area contributed by atoms with Gasteiger partial charge in [0.1, 0.15) is 5.82 Å². The average molecular weight is 329 g/mol. The lowest BCUT2D eigenvalue weighted by Gasteiger charge is -2.17. The number of nitrogens with one attached hydrogen (secondary N) is 1. The summed E-state index contributed by atoms with van der Waals surface area (Å²) in [6, 6.07) is 9.47. The van der Waals surface area contributed by atoms with E-state index in [2.05, 4.69) is 15.3 Å². The van der Waals surface area contributed by atoms with E-state index in [1.807, 2.05) is 24.3 Å². The van der Waals surface area contributed by atoms with Gasteiger partial charge in [-0.1, -0.05) is 6.07 Å². The topological polar surface area (TPSA) is 79.8 Å². The van der Waals surface area contributed by atoms with Crippen LogP contribution in [0.5, 0.6) is 11.9 Å². The Kier molecular flexibility index (Phi) is 4.37. The van der Waals surface area contributed by atoms with Crippen LogP contribution in [-0.4, -0.2) is 55.3 Å². The Morgan fingerprint density at radius 1 is 1.12 bits per heavy atom. The fourth-order valence-corrected chi connectivity index (χ4v) is 2.45. The van der Waals surface area contributed by atoms with Crippen molar-refractivity contribution in [3.8, 4) is 11.9 Å². The molecule has 1 aliphatic heterocycles. The monoisotopic (exact) mass is 329 g/mol. The number of hydrogen-bond donors (Lipinski definition) is 1. The minimum Gasteiger partial charge on any atom is -0.481 e. The number of methoxy groups -OCH3 is 2. The standard InChI is InChI=1S/C16H19N5O3/c1-20-7-8-21(16(20)22)12-6-4-5-11(9-12)17-13-10-14(23-2)19-15(18-13)24-3/h4-6,9-10H,7-8H2,1-3H3,(H,17,18,19). The van der Waals surface area contributed by atoms with Gasteiger partial charge < -0.3 is 19.7 Å². The van der Waals surface area contributed by atoms with Crippen LogP contribution in [-0.2, 0) is 0 Å². The molecule has 1 aliphatic rings. The Morgan fingerprint density at radius 3 is 2.62 bits per heavy atom. The van der Waals surface area contributed by atoms with Crippen LogP contribution < -0.4 is 19.7 Å². The van der Waals surface area contributed by atoms with Crippen molar-refractivity contribution in [3.63, 3.8) is 0 Å². The zero-order chi connectivity index (χ0) is 17.1. The summed E-state index contributed by atoms with van der Waals surface area (Å²) in [7, 11) is 4.82. The fourth-order valence-electron chi connectivity index (χ4n) is 2.45. The van der Waals surface area contributed by atoms with Crippen molar-refractivity contribution in [2.24, 2.45) is 0 Å². The first-order valence-electron chi connectivity index (χ1n) is 7.47. The maximum atomic E-state index is 12.1. The molecule has 0 aliphatic carbocycles. The molecule has 126 valence electrons. The van der Waals surface area contributed by atoms with E-state index in [1.54, 1.807) is 22.9 Å². The van der Waals surface area contributed by atoms with Gasteiger partial charge in [0.2, 0.25) is 5.88 Å². The molecular formula is C16H19N5O3. The predicted octanol–water partition coefficient (Wildman–Crippen LogP) is 2.11. The van der Waals surface area contributed by atoms with E-state index in [-0.39, 0.29) is 12.0 Å². The van der Waals surface area contributed by atoms with Crippen molar-refractivity contribution < 1.29 is 14.3 Å². The average Bonchev–Trinajstić information content (AvgIpc) is 2.94. The molecule has 2 heterocycles. The molecule has 1 N–H and O–H groups in total. The molecule has 2 amide bonds. The molecule has 8 heteroatoms. The van der Waals surface area contributed by atoms with Crippen LogP contribution in [0.25, 0.3) is 0 Å². The summed E-state index contributed by atoms with van der Waals surface area (Å²) in [5.74, 6) is 0.942. The number of carbonyl (C=O) groups is 1. The van der Waals surface area contributed by atoms with Crippen molar-refractivity contribution >= 4 is 23.2 Å². The van der Waals surface area contributed by atoms with Crippen LogP contribution in [0.1, 0.15) is 0 Å². The van der Waals surface area contributed by atoms with Crippen LogP contribution >= 0.6 is 0 Å². The lowest BCUT2D eigenvalue weighted by molar-refractivity contribution is 0.229. The third kappa shape index (κ3) is 3.17. The van der Waals surface area contributed by atoms with Crippen molar-refractivity contribution in [2.75, 3.05) is 44.6 Å². The number of carbonyl (C=O) groups excluding carboxylic acids is 1. The highest BCUT2D eigenvalue weighted by atomic mass is 16.5. The number of likely N-dealkylation sites (N-methyl/N-ethyl adjacent to an activating group) is 1. The first-order chi connectivity index (χ1) is 11.6. The number of urea groups is 1. The van der Waals surface area contributed by atoms with Crippen LogP contribution in [0.3, 0.4) is 0 Å². The third-order valence-corrected chi connectivity index (χ3v) is 3.72. The molecule has 0 atom stereocenters. The summed E-state index contributed by atoms with van der Waals surface area (Å²) in [6.07, 6.45) is 0. The van der Waals surface area contributed by atoms with Crippen molar-refractivity contribution in [3.05, 3.63) is 30.3 Å². The van der Waals surface area contributed by atoms with Crippen molar-refractivity contribution in [1.29, 1.82) is 0 Å². The Balaban J connectivity index is 1.84. The van der Waals surface area contributed by atoms with E-state index in [9.17, 15) is 4.79 Å². The summed E-state index contributed by atoms with van der Waals surface area (Å²) < 4.78 is 10.2. The van der Waals surface area contributed by atoms with Gasteiger partial charge in [-0.2, -0.15) is 9.97 Å². The van der Waals surface area contributed by atoms with Gasteiger partial charge in [-0.3, -0.25) is 4.90 Å². The molecule has 0 saturated carbocycles. The molecule has 1 saturated heterocycles. The quantitative estimate of drug-likeness (QED) is 0.905. The van der Waals surface area contributed by atoms with E-state index >= 15 is 0 Å². The summed E-state index contributed by atoms with van der Waals surface area (Å²) >= 11 is 0. The van der Waals surface area contributed by atoms with Crippen molar-refractivity contribution in [1.82, 2.24) is 14.9 Å². The normalized spacial score (nSPS) is 14.0. The second kappa shape index (κ2) is 6.61. The van der Waals surface area contributed by atoms with Gasteiger partial charge in [-0.05, 0) is 18.2 Å². The Bertz CT molecular complexity index is 730. The van der Waals surface area contributed by atoms with Gasteiger partial charge in [-0.15, -0.1) is 0 Å². The van der Waals surface area contributed by atoms with E-state index in [0.29, 0.717) is 18.2 Å². The summed E-state index contributed by atoms with van der Waals surface area (Å²) in [6.45, 7) is 1.39. The second-order valence-electron chi connectivity index (χ2n) is 5.31. The van der Waals surface area contributed by atoms with E-state index in [1.165, 1.54) is 14.2 Å². The first kappa shape index (κ1) is 15.9. The number of ether oxygens (including phenoxy) is 2. The molecule has 24 heavy (non-hydrogen) atoms. The number of amides is 2. The first-order valence-corrected chi connectivity index (χ1v) is 7.47. The number of aromatic nitrogens is 2. The Morgan fingerprint density at radius 2 is 1.96 bits per heavy atom. The lowest BCUT2D eigenvalue weighted by Crippen LogP contribution is -2.29.